The van der Waals surface area contributed by atoms with Crippen molar-refractivity contribution in [3.63, 3.8) is 0 Å². The van der Waals surface area contributed by atoms with E-state index >= 15 is 0 Å². The molecule has 1 saturated carbocycles. The Bertz CT molecular complexity index is 671. The largest absolute Gasteiger partial charge is 0.370 e. The molecule has 0 aliphatic heterocycles. The number of anilines is 1. The molecule has 6 nitrogen and oxygen atoms in total. The number of nitrogens with one attached hydrogen (secondary N) is 2. The van der Waals surface area contributed by atoms with Gasteiger partial charge < -0.3 is 11.1 Å². The minimum atomic E-state index is -3.18. The molecule has 2 atom stereocenters. The highest BCUT2D eigenvalue weighted by Crippen LogP contribution is 2.26. The standard InChI is InChI=1S/C16H26N4O2S.HI/c1-11-7-12(2)9-14(8-11)19-16(17)18-10-13-5-4-6-15(13)20-23(3,21)22;/h7-9,13,15,20H,4-6,10H2,1-3H3,(H3,17,18,19);1H. The van der Waals surface area contributed by atoms with E-state index in [9.17, 15) is 8.42 Å². The summed E-state index contributed by atoms with van der Waals surface area (Å²) in [5.41, 5.74) is 9.20. The average molecular weight is 466 g/mol. The number of guanidine groups is 1. The van der Waals surface area contributed by atoms with Crippen molar-refractivity contribution in [1.29, 1.82) is 0 Å². The van der Waals surface area contributed by atoms with E-state index in [-0.39, 0.29) is 35.9 Å². The van der Waals surface area contributed by atoms with Gasteiger partial charge in [0.1, 0.15) is 0 Å². The highest BCUT2D eigenvalue weighted by atomic mass is 127. The van der Waals surface area contributed by atoms with Gasteiger partial charge in [-0.3, -0.25) is 4.99 Å². The number of rotatable bonds is 5. The molecule has 2 unspecified atom stereocenters. The van der Waals surface area contributed by atoms with Crippen LogP contribution in [-0.4, -0.2) is 33.2 Å². The third kappa shape index (κ3) is 6.94. The van der Waals surface area contributed by atoms with Crippen LogP contribution in [0.3, 0.4) is 0 Å². The molecule has 0 heterocycles. The monoisotopic (exact) mass is 466 g/mol. The van der Waals surface area contributed by atoms with E-state index in [1.807, 2.05) is 26.0 Å². The Balaban J connectivity index is 0.00000288. The van der Waals surface area contributed by atoms with E-state index in [0.717, 1.165) is 36.1 Å². The minimum Gasteiger partial charge on any atom is -0.370 e. The molecule has 1 aromatic carbocycles. The first-order valence-electron chi connectivity index (χ1n) is 7.85. The van der Waals surface area contributed by atoms with Crippen LogP contribution in [0.15, 0.2) is 23.2 Å². The van der Waals surface area contributed by atoms with E-state index in [4.69, 9.17) is 5.73 Å². The highest BCUT2D eigenvalue weighted by Gasteiger charge is 2.29. The number of aliphatic imine (C=N–C) groups is 1. The minimum absolute atomic E-state index is 0. The maximum atomic E-state index is 11.4. The second kappa shape index (κ2) is 9.00. The zero-order chi connectivity index (χ0) is 17.0. The predicted molar refractivity (Wildman–Crippen MR) is 111 cm³/mol. The zero-order valence-corrected chi connectivity index (χ0v) is 17.5. The van der Waals surface area contributed by atoms with Gasteiger partial charge in [-0.05, 0) is 55.9 Å². The van der Waals surface area contributed by atoms with Crippen LogP contribution >= 0.6 is 24.0 Å². The quantitative estimate of drug-likeness (QED) is 0.353. The molecular formula is C16H27IN4O2S. The first kappa shape index (κ1) is 21.2. The van der Waals surface area contributed by atoms with Gasteiger partial charge in [0.15, 0.2) is 5.96 Å². The van der Waals surface area contributed by atoms with Crippen molar-refractivity contribution < 1.29 is 8.42 Å². The van der Waals surface area contributed by atoms with E-state index in [1.54, 1.807) is 0 Å². The van der Waals surface area contributed by atoms with Gasteiger partial charge in [-0.2, -0.15) is 0 Å². The summed E-state index contributed by atoms with van der Waals surface area (Å²) < 4.78 is 25.5. The third-order valence-electron chi connectivity index (χ3n) is 4.01. The van der Waals surface area contributed by atoms with E-state index in [0.29, 0.717) is 12.5 Å². The topological polar surface area (TPSA) is 96.6 Å². The maximum absolute atomic E-state index is 11.4. The van der Waals surface area contributed by atoms with Gasteiger partial charge in [0.05, 0.1) is 6.26 Å². The van der Waals surface area contributed by atoms with Gasteiger partial charge in [-0.15, -0.1) is 24.0 Å². The van der Waals surface area contributed by atoms with E-state index < -0.39 is 10.0 Å². The van der Waals surface area contributed by atoms with Gasteiger partial charge in [0.2, 0.25) is 10.0 Å². The fourth-order valence-corrected chi connectivity index (χ4v) is 4.00. The van der Waals surface area contributed by atoms with Gasteiger partial charge in [-0.25, -0.2) is 13.1 Å². The van der Waals surface area contributed by atoms with E-state index in [1.165, 1.54) is 6.26 Å². The van der Waals surface area contributed by atoms with Crippen molar-refractivity contribution in [2.24, 2.45) is 16.6 Å². The lowest BCUT2D eigenvalue weighted by atomic mass is 10.1. The van der Waals surface area contributed by atoms with Crippen LogP contribution in [0.25, 0.3) is 0 Å². The number of nitrogens with zero attached hydrogens (tertiary/aromatic N) is 1. The molecule has 0 amide bonds. The number of hydrogen-bond donors (Lipinski definition) is 3. The number of nitrogens with two attached hydrogens (primary N) is 1. The summed E-state index contributed by atoms with van der Waals surface area (Å²) >= 11 is 0. The maximum Gasteiger partial charge on any atom is 0.208 e. The number of sulfonamides is 1. The summed E-state index contributed by atoms with van der Waals surface area (Å²) in [6, 6.07) is 6.08. The van der Waals surface area contributed by atoms with Gasteiger partial charge in [0, 0.05) is 18.3 Å². The smallest absolute Gasteiger partial charge is 0.208 e. The summed E-state index contributed by atoms with van der Waals surface area (Å²) in [6.07, 6.45) is 4.03. The first-order chi connectivity index (χ1) is 10.7. The average Bonchev–Trinajstić information content (AvgIpc) is 2.80. The van der Waals surface area contributed by atoms with Crippen molar-refractivity contribution in [3.8, 4) is 0 Å². The molecule has 1 aromatic rings. The summed E-state index contributed by atoms with van der Waals surface area (Å²) in [5, 5.41) is 3.10. The Morgan fingerprint density at radius 1 is 1.25 bits per heavy atom. The molecule has 136 valence electrons. The van der Waals surface area contributed by atoms with Crippen molar-refractivity contribution in [3.05, 3.63) is 29.3 Å². The Hall–Kier alpha value is -0.870. The summed E-state index contributed by atoms with van der Waals surface area (Å²) in [7, 11) is -3.18. The number of aryl methyl sites for hydroxylation is 2. The SMILES string of the molecule is Cc1cc(C)cc(NC(N)=NCC2CCCC2NS(C)(=O)=O)c1.I. The lowest BCUT2D eigenvalue weighted by molar-refractivity contribution is 0.455. The molecule has 0 saturated heterocycles. The van der Waals surface area contributed by atoms with Crippen LogP contribution in [0.1, 0.15) is 30.4 Å². The lowest BCUT2D eigenvalue weighted by Crippen LogP contribution is -2.38. The lowest BCUT2D eigenvalue weighted by Gasteiger charge is -2.18. The Kier molecular flexibility index (Phi) is 7.94. The summed E-state index contributed by atoms with van der Waals surface area (Å²) in [4.78, 5) is 4.39. The highest BCUT2D eigenvalue weighted by molar-refractivity contribution is 14.0. The molecule has 24 heavy (non-hydrogen) atoms. The molecule has 0 radical (unpaired) electrons. The van der Waals surface area contributed by atoms with Crippen LogP contribution in [0, 0.1) is 19.8 Å². The van der Waals surface area contributed by atoms with Crippen molar-refractivity contribution in [1.82, 2.24) is 4.72 Å². The van der Waals surface area contributed by atoms with Crippen molar-refractivity contribution in [2.45, 2.75) is 39.2 Å². The van der Waals surface area contributed by atoms with E-state index in [2.05, 4.69) is 21.1 Å². The fraction of sp³-hybridized carbons (Fsp3) is 0.562. The molecule has 0 aromatic heterocycles. The van der Waals surface area contributed by atoms with Crippen LogP contribution in [0.2, 0.25) is 0 Å². The zero-order valence-electron chi connectivity index (χ0n) is 14.4. The van der Waals surface area contributed by atoms with Crippen LogP contribution < -0.4 is 15.8 Å². The molecule has 1 aliphatic carbocycles. The van der Waals surface area contributed by atoms with Gasteiger partial charge >= 0.3 is 0 Å². The molecule has 0 bridgehead atoms. The van der Waals surface area contributed by atoms with Gasteiger partial charge in [-0.1, -0.05) is 12.5 Å². The Morgan fingerprint density at radius 3 is 2.46 bits per heavy atom. The summed E-state index contributed by atoms with van der Waals surface area (Å²) in [5.74, 6) is 0.560. The molecule has 2 rings (SSSR count). The Labute approximate surface area is 161 Å². The molecule has 8 heteroatoms. The van der Waals surface area contributed by atoms with Crippen molar-refractivity contribution >= 4 is 45.6 Å². The Morgan fingerprint density at radius 2 is 1.88 bits per heavy atom. The number of hydrogen-bond acceptors (Lipinski definition) is 3. The van der Waals surface area contributed by atoms with Crippen LogP contribution in [-0.2, 0) is 10.0 Å². The molecule has 4 N–H and O–H groups in total. The first-order valence-corrected chi connectivity index (χ1v) is 9.74. The van der Waals surface area contributed by atoms with Crippen LogP contribution in [0.5, 0.6) is 0 Å². The molecular weight excluding hydrogens is 439 g/mol. The van der Waals surface area contributed by atoms with Crippen LogP contribution in [0.4, 0.5) is 5.69 Å². The molecule has 0 spiro atoms. The second-order valence-corrected chi connectivity index (χ2v) is 8.19. The fourth-order valence-electron chi connectivity index (χ4n) is 3.14. The third-order valence-corrected chi connectivity index (χ3v) is 4.75. The number of halogens is 1. The second-order valence-electron chi connectivity index (χ2n) is 6.41. The number of benzene rings is 1. The predicted octanol–water partition coefficient (Wildman–Crippen LogP) is 2.37. The molecule has 1 fully saturated rings. The summed E-state index contributed by atoms with van der Waals surface area (Å²) in [6.45, 7) is 4.59. The van der Waals surface area contributed by atoms with Crippen molar-refractivity contribution in [2.75, 3.05) is 18.1 Å². The van der Waals surface area contributed by atoms with Gasteiger partial charge in [0.25, 0.3) is 0 Å². The normalized spacial score (nSPS) is 21.4. The molecule has 1 aliphatic rings.